The molecule has 0 N–H and O–H groups in total. The molecule has 6 fully saturated rings. The number of hydrogen-bond donors (Lipinski definition) is 0. The largest absolute Gasteiger partial charge is 0.455 e. The molecule has 5 saturated carbocycles. The average Bonchev–Trinajstić information content (AvgIpc) is 3.10. The Morgan fingerprint density at radius 3 is 2.31 bits per heavy atom. The highest BCUT2D eigenvalue weighted by Crippen LogP contribution is 2.81. The SMILES string of the molecule is CC1(C)CC[C@@]23CC[C@]4(C)[C@](OC2=O)([C@H](F)C[C@@H]2[C@@]5(C)C/C(=C\c6ccccc6Cl)C(=O)C(C)(C)[C@@H]5CC[C@]24C)[C@@H]3C1. The van der Waals surface area contributed by atoms with Gasteiger partial charge in [0.05, 0.1) is 5.41 Å². The molecule has 1 heterocycles. The van der Waals surface area contributed by atoms with Gasteiger partial charge in [0.15, 0.2) is 11.4 Å². The lowest BCUT2D eigenvalue weighted by molar-refractivity contribution is -0.299. The van der Waals surface area contributed by atoms with E-state index < -0.39 is 28.0 Å². The standard InChI is InChI=1S/C37H48ClFO3/c1-31(2)14-16-36-17-15-35(7)34(6)13-12-25-32(3,4)29(40)23(18-22-10-8-9-11-24(22)38)20-33(25,5)26(34)19-28(39)37(35,27(36)21-31)42-30(36)41/h8-11,18,25-28H,12-17,19-21H2,1-7H3/b23-18+/t25-,26+,27+,28+,33-,34+,35-,36-,37+/m0/s1. The Morgan fingerprint density at radius 2 is 1.60 bits per heavy atom. The number of fused-ring (bicyclic) bond motifs is 4. The minimum Gasteiger partial charge on any atom is -0.455 e. The predicted octanol–water partition coefficient (Wildman–Crippen LogP) is 9.41. The molecule has 1 saturated heterocycles. The summed E-state index contributed by atoms with van der Waals surface area (Å²) in [5, 5.41) is 0.636. The van der Waals surface area contributed by atoms with Crippen LogP contribution in [0.2, 0.25) is 5.02 Å². The zero-order valence-corrected chi connectivity index (χ0v) is 27.3. The molecule has 228 valence electrons. The van der Waals surface area contributed by atoms with Crippen molar-refractivity contribution in [2.75, 3.05) is 0 Å². The number of ether oxygens (including phenoxy) is 1. The molecule has 1 spiro atoms. The lowest BCUT2D eigenvalue weighted by Gasteiger charge is -2.74. The zero-order valence-electron chi connectivity index (χ0n) is 26.5. The molecule has 5 aliphatic carbocycles. The Hall–Kier alpha value is -1.68. The molecule has 42 heavy (non-hydrogen) atoms. The van der Waals surface area contributed by atoms with Crippen LogP contribution in [0.4, 0.5) is 4.39 Å². The quantitative estimate of drug-likeness (QED) is 0.240. The molecule has 1 aromatic carbocycles. The van der Waals surface area contributed by atoms with Crippen molar-refractivity contribution in [3.8, 4) is 0 Å². The third-order valence-corrected chi connectivity index (χ3v) is 15.2. The Labute approximate surface area is 256 Å². The third kappa shape index (κ3) is 3.24. The number of benzene rings is 1. The number of alkyl halides is 1. The topological polar surface area (TPSA) is 43.4 Å². The summed E-state index contributed by atoms with van der Waals surface area (Å²) in [5.41, 5.74) is -1.36. The molecule has 1 aliphatic heterocycles. The second kappa shape index (κ2) is 8.52. The second-order valence-corrected chi connectivity index (χ2v) is 17.7. The summed E-state index contributed by atoms with van der Waals surface area (Å²) in [7, 11) is 0. The predicted molar refractivity (Wildman–Crippen MR) is 164 cm³/mol. The summed E-state index contributed by atoms with van der Waals surface area (Å²) in [6.45, 7) is 15.8. The monoisotopic (exact) mass is 594 g/mol. The van der Waals surface area contributed by atoms with Crippen LogP contribution in [0.3, 0.4) is 0 Å². The van der Waals surface area contributed by atoms with Crippen LogP contribution in [0.15, 0.2) is 29.8 Å². The van der Waals surface area contributed by atoms with Crippen molar-refractivity contribution >= 4 is 29.4 Å². The number of carbonyl (C=O) groups excluding carboxylic acids is 2. The maximum atomic E-state index is 17.5. The van der Waals surface area contributed by atoms with Crippen molar-refractivity contribution < 1.29 is 18.7 Å². The Balaban J connectivity index is 1.35. The minimum absolute atomic E-state index is 0.0693. The van der Waals surface area contributed by atoms with E-state index in [9.17, 15) is 9.59 Å². The number of carbonyl (C=O) groups is 2. The van der Waals surface area contributed by atoms with Gasteiger partial charge < -0.3 is 4.74 Å². The molecule has 9 atom stereocenters. The van der Waals surface area contributed by atoms with Gasteiger partial charge in [-0.2, -0.15) is 0 Å². The fourth-order valence-corrected chi connectivity index (χ4v) is 12.7. The number of halogens is 2. The number of hydrogen-bond acceptors (Lipinski definition) is 3. The van der Waals surface area contributed by atoms with Crippen LogP contribution >= 0.6 is 11.6 Å². The van der Waals surface area contributed by atoms with Crippen LogP contribution in [-0.4, -0.2) is 23.5 Å². The molecule has 3 nitrogen and oxygen atoms in total. The maximum absolute atomic E-state index is 17.5. The first kappa shape index (κ1) is 29.1. The van der Waals surface area contributed by atoms with Gasteiger partial charge in [0.2, 0.25) is 0 Å². The second-order valence-electron chi connectivity index (χ2n) is 17.3. The third-order valence-electron chi connectivity index (χ3n) is 14.8. The van der Waals surface area contributed by atoms with Gasteiger partial charge in [0.1, 0.15) is 6.17 Å². The van der Waals surface area contributed by atoms with E-state index in [4.69, 9.17) is 16.3 Å². The maximum Gasteiger partial charge on any atom is 0.313 e. The lowest BCUT2D eigenvalue weighted by Crippen LogP contribution is -2.75. The van der Waals surface area contributed by atoms with Gasteiger partial charge in [-0.05, 0) is 109 Å². The van der Waals surface area contributed by atoms with Gasteiger partial charge in [-0.3, -0.25) is 9.59 Å². The Morgan fingerprint density at radius 1 is 0.905 bits per heavy atom. The molecule has 0 amide bonds. The van der Waals surface area contributed by atoms with Crippen LogP contribution in [0.25, 0.3) is 6.08 Å². The van der Waals surface area contributed by atoms with E-state index >= 15 is 4.39 Å². The summed E-state index contributed by atoms with van der Waals surface area (Å²) >= 11 is 6.56. The molecule has 6 aliphatic rings. The molecular weight excluding hydrogens is 547 g/mol. The summed E-state index contributed by atoms with van der Waals surface area (Å²) < 4.78 is 24.1. The van der Waals surface area contributed by atoms with Gasteiger partial charge in [0.25, 0.3) is 0 Å². The molecule has 0 aromatic heterocycles. The Kier molecular flexibility index (Phi) is 5.89. The zero-order chi connectivity index (χ0) is 30.3. The molecule has 5 heteroatoms. The van der Waals surface area contributed by atoms with E-state index in [1.807, 2.05) is 30.3 Å². The van der Waals surface area contributed by atoms with Gasteiger partial charge in [-0.15, -0.1) is 0 Å². The summed E-state index contributed by atoms with van der Waals surface area (Å²) in [6.07, 6.45) is 7.96. The molecule has 2 bridgehead atoms. The van der Waals surface area contributed by atoms with E-state index in [2.05, 4.69) is 48.5 Å². The van der Waals surface area contributed by atoms with Crippen LogP contribution in [0.5, 0.6) is 0 Å². The highest BCUT2D eigenvalue weighted by atomic mass is 35.5. The minimum atomic E-state index is -1.21. The van der Waals surface area contributed by atoms with Crippen molar-refractivity contribution in [2.24, 2.45) is 50.2 Å². The van der Waals surface area contributed by atoms with E-state index in [1.54, 1.807) is 0 Å². The van der Waals surface area contributed by atoms with Gasteiger partial charge in [-0.25, -0.2) is 4.39 Å². The smallest absolute Gasteiger partial charge is 0.313 e. The van der Waals surface area contributed by atoms with Gasteiger partial charge >= 0.3 is 5.97 Å². The van der Waals surface area contributed by atoms with Crippen molar-refractivity contribution in [1.82, 2.24) is 0 Å². The molecule has 0 unspecified atom stereocenters. The molecule has 1 aromatic rings. The average molecular weight is 595 g/mol. The van der Waals surface area contributed by atoms with Crippen LogP contribution in [0, 0.1) is 50.2 Å². The molecular formula is C37H48ClFO3. The molecule has 7 rings (SSSR count). The van der Waals surface area contributed by atoms with Crippen LogP contribution in [-0.2, 0) is 14.3 Å². The first-order valence-corrected chi connectivity index (χ1v) is 16.7. The van der Waals surface area contributed by atoms with E-state index in [0.29, 0.717) is 17.9 Å². The summed E-state index contributed by atoms with van der Waals surface area (Å²) in [6, 6.07) is 7.68. The van der Waals surface area contributed by atoms with Crippen molar-refractivity contribution in [3.63, 3.8) is 0 Å². The first-order valence-electron chi connectivity index (χ1n) is 16.4. The lowest BCUT2D eigenvalue weighted by atomic mass is 9.30. The summed E-state index contributed by atoms with van der Waals surface area (Å²) in [4.78, 5) is 27.9. The van der Waals surface area contributed by atoms with Crippen LogP contribution < -0.4 is 0 Å². The highest BCUT2D eigenvalue weighted by molar-refractivity contribution is 6.32. The number of Topliss-reactive ketones (excluding diaryl/α,β-unsaturated/α-hetero) is 1. The number of ketones is 1. The number of allylic oxidation sites excluding steroid dienone is 1. The van der Waals surface area contributed by atoms with E-state index in [1.165, 1.54) is 0 Å². The Bertz CT molecular complexity index is 1410. The van der Waals surface area contributed by atoms with Crippen molar-refractivity contribution in [2.45, 2.75) is 118 Å². The number of esters is 1. The van der Waals surface area contributed by atoms with Crippen molar-refractivity contribution in [1.29, 1.82) is 0 Å². The van der Waals surface area contributed by atoms with Crippen LogP contribution in [0.1, 0.15) is 112 Å². The number of rotatable bonds is 1. The fraction of sp³-hybridized carbons (Fsp3) is 0.730. The molecule has 0 radical (unpaired) electrons. The van der Waals surface area contributed by atoms with Crippen molar-refractivity contribution in [3.05, 3.63) is 40.4 Å². The van der Waals surface area contributed by atoms with Gasteiger partial charge in [-0.1, -0.05) is 78.3 Å². The summed E-state index contributed by atoms with van der Waals surface area (Å²) in [5.74, 6) is 0.232. The normalized spacial score (nSPS) is 49.4. The van der Waals surface area contributed by atoms with Gasteiger partial charge in [0, 0.05) is 21.8 Å². The first-order chi connectivity index (χ1) is 19.5. The van der Waals surface area contributed by atoms with E-state index in [-0.39, 0.29) is 45.8 Å². The highest BCUT2D eigenvalue weighted by Gasteiger charge is 2.84. The fourth-order valence-electron chi connectivity index (χ4n) is 12.5. The van der Waals surface area contributed by atoms with E-state index in [0.717, 1.165) is 56.1 Å².